The van der Waals surface area contributed by atoms with Crippen LogP contribution in [0.4, 0.5) is 13.2 Å². The number of allylic oxidation sites excluding steroid dienone is 4. The molecule has 0 bridgehead atoms. The molecule has 0 radical (unpaired) electrons. The molecule has 0 aliphatic heterocycles. The summed E-state index contributed by atoms with van der Waals surface area (Å²) in [6.45, 7) is 4.77. The Labute approximate surface area is 191 Å². The van der Waals surface area contributed by atoms with Crippen LogP contribution in [0.25, 0.3) is 0 Å². The van der Waals surface area contributed by atoms with Crippen LogP contribution in [0.2, 0.25) is 0 Å². The Bertz CT molecular complexity index is 911. The van der Waals surface area contributed by atoms with Crippen molar-refractivity contribution in [1.82, 2.24) is 0 Å². The Morgan fingerprint density at radius 1 is 1.29 bits per heavy atom. The lowest BCUT2D eigenvalue weighted by molar-refractivity contribution is -0.221. The third-order valence-electron chi connectivity index (χ3n) is 8.82. The standard InChI is InChI=1S/C22H26BrF3O4S/c1-10-4-12-13-7-15(25)14-5-11(27)6-16(23)20(14,3)21(13,26)17(28)8-19(12,2)22(10,30)18(29)31-9-24/h5-6,10,12-13,15,17,28,30H,4,7-9H2,1-3H3/t10-,12+,13?,15+,17+,19+,20-,21+,22+/m1/s1. The van der Waals surface area contributed by atoms with Crippen molar-refractivity contribution in [1.29, 1.82) is 0 Å². The fourth-order valence-corrected chi connectivity index (χ4v) is 8.71. The zero-order chi connectivity index (χ0) is 23.1. The number of alkyl halides is 3. The summed E-state index contributed by atoms with van der Waals surface area (Å²) in [5, 5.41) is 22.0. The molecule has 0 saturated heterocycles. The van der Waals surface area contributed by atoms with Gasteiger partial charge in [0, 0.05) is 15.8 Å². The van der Waals surface area contributed by atoms with Gasteiger partial charge in [-0.25, -0.2) is 13.2 Å². The maximum absolute atomic E-state index is 17.1. The van der Waals surface area contributed by atoms with Gasteiger partial charge in [0.15, 0.2) is 11.5 Å². The number of carbonyl (C=O) groups excluding carboxylic acids is 2. The summed E-state index contributed by atoms with van der Waals surface area (Å²) < 4.78 is 45.7. The summed E-state index contributed by atoms with van der Waals surface area (Å²) in [6.07, 6.45) is -1.18. The highest BCUT2D eigenvalue weighted by Crippen LogP contribution is 2.72. The molecular formula is C22H26BrF3O4S. The zero-order valence-electron chi connectivity index (χ0n) is 17.5. The number of thioether (sulfide) groups is 1. The van der Waals surface area contributed by atoms with Gasteiger partial charge in [0.05, 0.1) is 11.5 Å². The number of aliphatic hydroxyl groups is 2. The second kappa shape index (κ2) is 7.18. The van der Waals surface area contributed by atoms with Gasteiger partial charge in [-0.05, 0) is 55.7 Å². The molecule has 9 heteroatoms. The molecule has 3 saturated carbocycles. The Hall–Kier alpha value is -0.640. The van der Waals surface area contributed by atoms with Crippen molar-refractivity contribution < 1.29 is 33.0 Å². The highest BCUT2D eigenvalue weighted by Gasteiger charge is 2.77. The van der Waals surface area contributed by atoms with Crippen molar-refractivity contribution in [3.63, 3.8) is 0 Å². The third-order valence-corrected chi connectivity index (χ3v) is 10.5. The van der Waals surface area contributed by atoms with Gasteiger partial charge in [-0.1, -0.05) is 41.5 Å². The van der Waals surface area contributed by atoms with Crippen LogP contribution in [-0.2, 0) is 9.59 Å². The van der Waals surface area contributed by atoms with Gasteiger partial charge < -0.3 is 10.2 Å². The quantitative estimate of drug-likeness (QED) is 0.568. The molecule has 0 aromatic carbocycles. The van der Waals surface area contributed by atoms with E-state index in [2.05, 4.69) is 15.9 Å². The molecule has 2 N–H and O–H groups in total. The second-order valence-corrected chi connectivity index (χ2v) is 11.6. The van der Waals surface area contributed by atoms with Gasteiger partial charge in [-0.3, -0.25) is 9.59 Å². The third kappa shape index (κ3) is 2.63. The fraction of sp³-hybridized carbons (Fsp3) is 0.727. The van der Waals surface area contributed by atoms with Crippen molar-refractivity contribution in [2.45, 2.75) is 63.6 Å². The Balaban J connectivity index is 1.87. The van der Waals surface area contributed by atoms with E-state index >= 15 is 8.78 Å². The molecule has 4 rings (SSSR count). The molecule has 4 aliphatic carbocycles. The SMILES string of the molecule is C[C@@H]1C[C@H]2C3C[C@H](F)C4=CC(=O)C=C(Br)[C@]4(C)[C@@]3(F)[C@@H](O)C[C@]2(C)[C@@]1(O)C(=O)SCF. The molecular weight excluding hydrogens is 497 g/mol. The molecule has 0 aromatic heterocycles. The minimum absolute atomic E-state index is 0.00125. The molecule has 4 nitrogen and oxygen atoms in total. The Morgan fingerprint density at radius 2 is 1.94 bits per heavy atom. The molecule has 172 valence electrons. The largest absolute Gasteiger partial charge is 0.390 e. The maximum atomic E-state index is 17.1. The van der Waals surface area contributed by atoms with E-state index in [1.807, 2.05) is 0 Å². The van der Waals surface area contributed by atoms with E-state index in [4.69, 9.17) is 0 Å². The van der Waals surface area contributed by atoms with Crippen molar-refractivity contribution in [3.05, 3.63) is 22.2 Å². The fourth-order valence-electron chi connectivity index (χ4n) is 7.20. The molecule has 0 aromatic rings. The minimum atomic E-state index is -2.32. The van der Waals surface area contributed by atoms with Crippen LogP contribution >= 0.6 is 27.7 Å². The average molecular weight is 523 g/mol. The van der Waals surface area contributed by atoms with Gasteiger partial charge in [0.1, 0.15) is 17.8 Å². The highest BCUT2D eigenvalue weighted by molar-refractivity contribution is 9.11. The molecule has 1 unspecified atom stereocenters. The number of carbonyl (C=O) groups is 2. The second-order valence-electron chi connectivity index (χ2n) is 9.89. The first-order valence-corrected chi connectivity index (χ1v) is 12.2. The van der Waals surface area contributed by atoms with Crippen molar-refractivity contribution >= 4 is 38.6 Å². The first-order chi connectivity index (χ1) is 14.3. The number of hydrogen-bond donors (Lipinski definition) is 2. The van der Waals surface area contributed by atoms with Gasteiger partial charge in [-0.15, -0.1) is 0 Å². The molecule has 3 fully saturated rings. The van der Waals surface area contributed by atoms with Gasteiger partial charge >= 0.3 is 0 Å². The number of rotatable bonds is 2. The van der Waals surface area contributed by atoms with E-state index in [0.717, 1.165) is 6.08 Å². The lowest BCUT2D eigenvalue weighted by Crippen LogP contribution is -2.70. The predicted octanol–water partition coefficient (Wildman–Crippen LogP) is 4.19. The number of halogens is 4. The number of aliphatic hydroxyl groups excluding tert-OH is 1. The summed E-state index contributed by atoms with van der Waals surface area (Å²) in [6, 6.07) is -1.00. The first kappa shape index (κ1) is 23.5. The van der Waals surface area contributed by atoms with Crippen LogP contribution in [0.1, 0.15) is 40.0 Å². The molecule has 0 amide bonds. The summed E-state index contributed by atoms with van der Waals surface area (Å²) >= 11 is 3.64. The van der Waals surface area contributed by atoms with Crippen molar-refractivity contribution in [2.24, 2.45) is 28.6 Å². The molecule has 9 atom stereocenters. The van der Waals surface area contributed by atoms with E-state index in [0.29, 0.717) is 11.8 Å². The first-order valence-electron chi connectivity index (χ1n) is 10.4. The van der Waals surface area contributed by atoms with Gasteiger partial charge in [0.25, 0.3) is 0 Å². The summed E-state index contributed by atoms with van der Waals surface area (Å²) in [5.74, 6) is -2.68. The molecule has 31 heavy (non-hydrogen) atoms. The van der Waals surface area contributed by atoms with E-state index < -0.39 is 69.0 Å². The lowest BCUT2D eigenvalue weighted by Gasteiger charge is -2.63. The summed E-state index contributed by atoms with van der Waals surface area (Å²) in [7, 11) is 0. The van der Waals surface area contributed by atoms with E-state index in [1.54, 1.807) is 13.8 Å². The van der Waals surface area contributed by atoms with E-state index in [9.17, 15) is 24.2 Å². The van der Waals surface area contributed by atoms with Crippen molar-refractivity contribution in [2.75, 3.05) is 6.01 Å². The normalized spacial score (nSPS) is 51.4. The highest BCUT2D eigenvalue weighted by atomic mass is 79.9. The van der Waals surface area contributed by atoms with E-state index in [-0.39, 0.29) is 29.3 Å². The number of ketones is 1. The van der Waals surface area contributed by atoms with Crippen LogP contribution in [0, 0.1) is 28.6 Å². The smallest absolute Gasteiger partial charge is 0.223 e. The molecule has 0 heterocycles. The number of fused-ring (bicyclic) bond motifs is 5. The Morgan fingerprint density at radius 3 is 2.55 bits per heavy atom. The number of hydrogen-bond acceptors (Lipinski definition) is 5. The maximum Gasteiger partial charge on any atom is 0.223 e. The van der Waals surface area contributed by atoms with Crippen LogP contribution in [0.15, 0.2) is 22.2 Å². The topological polar surface area (TPSA) is 74.6 Å². The minimum Gasteiger partial charge on any atom is -0.390 e. The zero-order valence-corrected chi connectivity index (χ0v) is 19.9. The molecule has 4 aliphatic rings. The van der Waals surface area contributed by atoms with E-state index in [1.165, 1.54) is 13.0 Å². The average Bonchev–Trinajstić information content (AvgIpc) is 2.88. The summed E-state index contributed by atoms with van der Waals surface area (Å²) in [4.78, 5) is 24.8. The van der Waals surface area contributed by atoms with Crippen LogP contribution < -0.4 is 0 Å². The molecule has 0 spiro atoms. The predicted molar refractivity (Wildman–Crippen MR) is 115 cm³/mol. The lowest BCUT2D eigenvalue weighted by atomic mass is 9.44. The summed E-state index contributed by atoms with van der Waals surface area (Å²) in [5.41, 5.74) is -7.12. The monoisotopic (exact) mass is 522 g/mol. The van der Waals surface area contributed by atoms with Crippen LogP contribution in [0.3, 0.4) is 0 Å². The Kier molecular flexibility index (Phi) is 5.44. The van der Waals surface area contributed by atoms with Crippen LogP contribution in [0.5, 0.6) is 0 Å². The van der Waals surface area contributed by atoms with Gasteiger partial charge in [-0.2, -0.15) is 0 Å². The van der Waals surface area contributed by atoms with Crippen LogP contribution in [-0.4, -0.2) is 50.7 Å². The van der Waals surface area contributed by atoms with Crippen molar-refractivity contribution in [3.8, 4) is 0 Å². The van der Waals surface area contributed by atoms with Gasteiger partial charge in [0.2, 0.25) is 5.12 Å².